The van der Waals surface area contributed by atoms with Crippen molar-refractivity contribution in [2.24, 2.45) is 11.8 Å². The second kappa shape index (κ2) is 6.67. The molecule has 15 heavy (non-hydrogen) atoms. The lowest BCUT2D eigenvalue weighted by atomic mass is 9.83. The van der Waals surface area contributed by atoms with Gasteiger partial charge in [0.05, 0.1) is 13.7 Å². The number of hydrogen-bond donors (Lipinski definition) is 0. The predicted molar refractivity (Wildman–Crippen MR) is 55.7 cm³/mol. The average Bonchev–Trinajstić information content (AvgIpc) is 2.28. The fourth-order valence-electron chi connectivity index (χ4n) is 2.05. The lowest BCUT2D eigenvalue weighted by Gasteiger charge is -2.27. The van der Waals surface area contributed by atoms with Crippen molar-refractivity contribution < 1.29 is 19.0 Å². The molecule has 88 valence electrons. The molecule has 0 bridgehead atoms. The van der Waals surface area contributed by atoms with Crippen LogP contribution in [0, 0.1) is 11.8 Å². The Hall–Kier alpha value is -0.770. The van der Waals surface area contributed by atoms with Gasteiger partial charge >= 0.3 is 6.16 Å². The molecule has 1 fully saturated rings. The van der Waals surface area contributed by atoms with E-state index in [2.05, 4.69) is 4.74 Å². The van der Waals surface area contributed by atoms with Crippen molar-refractivity contribution in [2.75, 3.05) is 27.4 Å². The van der Waals surface area contributed by atoms with Crippen molar-refractivity contribution in [1.29, 1.82) is 0 Å². The van der Waals surface area contributed by atoms with Crippen molar-refractivity contribution in [2.45, 2.75) is 25.7 Å². The van der Waals surface area contributed by atoms with Crippen LogP contribution in [0.2, 0.25) is 0 Å². The molecule has 0 atom stereocenters. The summed E-state index contributed by atoms with van der Waals surface area (Å²) in [5.74, 6) is 1.18. The molecule has 1 aliphatic carbocycles. The normalized spacial score (nSPS) is 26.0. The molecule has 0 aromatic heterocycles. The zero-order chi connectivity index (χ0) is 11.1. The summed E-state index contributed by atoms with van der Waals surface area (Å²) in [6, 6.07) is 0. The van der Waals surface area contributed by atoms with Crippen LogP contribution in [0.5, 0.6) is 0 Å². The van der Waals surface area contributed by atoms with E-state index in [9.17, 15) is 4.79 Å². The highest BCUT2D eigenvalue weighted by Crippen LogP contribution is 2.28. The first-order valence-electron chi connectivity index (χ1n) is 5.46. The predicted octanol–water partition coefficient (Wildman–Crippen LogP) is 2.22. The third kappa shape index (κ3) is 4.51. The largest absolute Gasteiger partial charge is 0.507 e. The zero-order valence-corrected chi connectivity index (χ0v) is 9.53. The Morgan fingerprint density at radius 3 is 2.07 bits per heavy atom. The molecule has 1 aliphatic rings. The highest BCUT2D eigenvalue weighted by molar-refractivity contribution is 5.59. The quantitative estimate of drug-likeness (QED) is 0.676. The van der Waals surface area contributed by atoms with Gasteiger partial charge in [0.2, 0.25) is 0 Å². The Labute approximate surface area is 90.9 Å². The van der Waals surface area contributed by atoms with Crippen molar-refractivity contribution in [3.63, 3.8) is 0 Å². The molecular weight excluding hydrogens is 196 g/mol. The molecule has 0 amide bonds. The van der Waals surface area contributed by atoms with E-state index in [0.29, 0.717) is 18.4 Å². The number of methoxy groups -OCH3 is 2. The average molecular weight is 216 g/mol. The number of hydrogen-bond acceptors (Lipinski definition) is 4. The first-order chi connectivity index (χ1) is 7.26. The molecule has 0 heterocycles. The summed E-state index contributed by atoms with van der Waals surface area (Å²) < 4.78 is 14.5. The molecule has 1 saturated carbocycles. The Morgan fingerprint density at radius 2 is 1.60 bits per heavy atom. The number of ether oxygens (including phenoxy) is 3. The SMILES string of the molecule is COCC1CCC(COC(=O)OC)CC1. The molecule has 4 nitrogen and oxygen atoms in total. The Balaban J connectivity index is 2.12. The molecule has 0 N–H and O–H groups in total. The monoisotopic (exact) mass is 216 g/mol. The number of carbonyl (C=O) groups excluding carboxylic acids is 1. The van der Waals surface area contributed by atoms with Gasteiger partial charge in [-0.1, -0.05) is 0 Å². The summed E-state index contributed by atoms with van der Waals surface area (Å²) in [4.78, 5) is 10.8. The molecule has 0 aliphatic heterocycles. The third-order valence-corrected chi connectivity index (χ3v) is 2.97. The van der Waals surface area contributed by atoms with Gasteiger partial charge in [0.1, 0.15) is 0 Å². The first-order valence-corrected chi connectivity index (χ1v) is 5.46. The van der Waals surface area contributed by atoms with E-state index < -0.39 is 6.16 Å². The minimum atomic E-state index is -0.575. The van der Waals surface area contributed by atoms with Crippen LogP contribution in [-0.2, 0) is 14.2 Å². The van der Waals surface area contributed by atoms with Crippen LogP contribution in [0.15, 0.2) is 0 Å². The topological polar surface area (TPSA) is 44.8 Å². The molecule has 0 saturated heterocycles. The Bertz CT molecular complexity index is 185. The minimum Gasteiger partial charge on any atom is -0.438 e. The van der Waals surface area contributed by atoms with Gasteiger partial charge in [-0.15, -0.1) is 0 Å². The fraction of sp³-hybridized carbons (Fsp3) is 0.909. The van der Waals surface area contributed by atoms with E-state index in [1.54, 1.807) is 7.11 Å². The van der Waals surface area contributed by atoms with Gasteiger partial charge in [-0.3, -0.25) is 0 Å². The van der Waals surface area contributed by atoms with Gasteiger partial charge in [0, 0.05) is 13.7 Å². The van der Waals surface area contributed by atoms with Crippen LogP contribution in [0.4, 0.5) is 4.79 Å². The Kier molecular flexibility index (Phi) is 5.47. The van der Waals surface area contributed by atoms with Gasteiger partial charge in [-0.2, -0.15) is 0 Å². The fourth-order valence-corrected chi connectivity index (χ4v) is 2.05. The highest BCUT2D eigenvalue weighted by atomic mass is 16.7. The number of carbonyl (C=O) groups is 1. The van der Waals surface area contributed by atoms with Crippen molar-refractivity contribution in [1.82, 2.24) is 0 Å². The maximum absolute atomic E-state index is 10.8. The summed E-state index contributed by atoms with van der Waals surface area (Å²) in [7, 11) is 3.07. The molecule has 4 heteroatoms. The van der Waals surface area contributed by atoms with E-state index in [4.69, 9.17) is 9.47 Å². The lowest BCUT2D eigenvalue weighted by Crippen LogP contribution is -2.22. The second-order valence-corrected chi connectivity index (χ2v) is 4.11. The summed E-state index contributed by atoms with van der Waals surface area (Å²) in [6.07, 6.45) is 4.00. The van der Waals surface area contributed by atoms with Crippen molar-refractivity contribution in [3.05, 3.63) is 0 Å². The maximum Gasteiger partial charge on any atom is 0.507 e. The molecule has 0 spiro atoms. The van der Waals surface area contributed by atoms with Crippen LogP contribution in [0.3, 0.4) is 0 Å². The van der Waals surface area contributed by atoms with Crippen LogP contribution < -0.4 is 0 Å². The van der Waals surface area contributed by atoms with Gasteiger partial charge in [0.15, 0.2) is 0 Å². The Morgan fingerprint density at radius 1 is 1.07 bits per heavy atom. The van der Waals surface area contributed by atoms with Gasteiger partial charge in [-0.25, -0.2) is 4.79 Å². The molecule has 0 aromatic rings. The minimum absolute atomic E-state index is 0.492. The first kappa shape index (κ1) is 12.3. The molecule has 0 unspecified atom stereocenters. The van der Waals surface area contributed by atoms with Crippen LogP contribution in [0.25, 0.3) is 0 Å². The lowest BCUT2D eigenvalue weighted by molar-refractivity contribution is 0.0461. The summed E-state index contributed by atoms with van der Waals surface area (Å²) in [5, 5.41) is 0. The van der Waals surface area contributed by atoms with E-state index in [-0.39, 0.29) is 0 Å². The smallest absolute Gasteiger partial charge is 0.438 e. The van der Waals surface area contributed by atoms with Crippen molar-refractivity contribution >= 4 is 6.16 Å². The number of rotatable bonds is 4. The highest BCUT2D eigenvalue weighted by Gasteiger charge is 2.22. The van der Waals surface area contributed by atoms with E-state index in [1.165, 1.54) is 20.0 Å². The maximum atomic E-state index is 10.8. The summed E-state index contributed by atoms with van der Waals surface area (Å²) >= 11 is 0. The molecule has 0 aromatic carbocycles. The standard InChI is InChI=1S/C11H20O4/c1-13-7-9-3-5-10(6-4-9)8-15-11(12)14-2/h9-10H,3-8H2,1-2H3. The van der Waals surface area contributed by atoms with E-state index in [0.717, 1.165) is 19.4 Å². The molecule has 0 radical (unpaired) electrons. The van der Waals surface area contributed by atoms with E-state index in [1.807, 2.05) is 0 Å². The summed E-state index contributed by atoms with van der Waals surface area (Å²) in [5.41, 5.74) is 0. The second-order valence-electron chi connectivity index (χ2n) is 4.11. The van der Waals surface area contributed by atoms with Crippen LogP contribution in [0.1, 0.15) is 25.7 Å². The van der Waals surface area contributed by atoms with Crippen LogP contribution >= 0.6 is 0 Å². The zero-order valence-electron chi connectivity index (χ0n) is 9.53. The molecule has 1 rings (SSSR count). The van der Waals surface area contributed by atoms with E-state index >= 15 is 0 Å². The van der Waals surface area contributed by atoms with Crippen LogP contribution in [-0.4, -0.2) is 33.6 Å². The summed E-state index contributed by atoms with van der Waals surface area (Å²) in [6.45, 7) is 1.34. The molecular formula is C11H20O4. The van der Waals surface area contributed by atoms with Crippen molar-refractivity contribution in [3.8, 4) is 0 Å². The van der Waals surface area contributed by atoms with Gasteiger partial charge < -0.3 is 14.2 Å². The third-order valence-electron chi connectivity index (χ3n) is 2.97. The van der Waals surface area contributed by atoms with Gasteiger partial charge in [-0.05, 0) is 37.5 Å². The van der Waals surface area contributed by atoms with Gasteiger partial charge in [0.25, 0.3) is 0 Å².